The molecule has 2 aliphatic heterocycles. The van der Waals surface area contributed by atoms with E-state index in [1.54, 1.807) is 0 Å². The molecule has 0 saturated carbocycles. The number of thiophene rings is 1. The lowest BCUT2D eigenvalue weighted by Gasteiger charge is -2.17. The van der Waals surface area contributed by atoms with Gasteiger partial charge in [0.1, 0.15) is 12.4 Å². The Bertz CT molecular complexity index is 1250. The zero-order valence-electron chi connectivity index (χ0n) is 20.4. The lowest BCUT2D eigenvalue weighted by Crippen LogP contribution is -2.25. The Labute approximate surface area is 213 Å². The summed E-state index contributed by atoms with van der Waals surface area (Å²) in [5.74, 6) is 0.966. The minimum absolute atomic E-state index is 0.765. The van der Waals surface area contributed by atoms with E-state index in [1.165, 1.54) is 89.2 Å². The molecule has 2 aliphatic rings. The van der Waals surface area contributed by atoms with Crippen LogP contribution in [0.1, 0.15) is 36.8 Å². The van der Waals surface area contributed by atoms with Gasteiger partial charge in [-0.3, -0.25) is 4.90 Å². The summed E-state index contributed by atoms with van der Waals surface area (Å²) in [7, 11) is 0. The van der Waals surface area contributed by atoms with E-state index in [1.807, 2.05) is 11.3 Å². The van der Waals surface area contributed by atoms with Crippen molar-refractivity contribution >= 4 is 27.1 Å². The van der Waals surface area contributed by atoms with E-state index in [2.05, 4.69) is 82.6 Å². The van der Waals surface area contributed by atoms with Crippen LogP contribution < -0.4 is 9.64 Å². The Morgan fingerprint density at radius 1 is 0.743 bits per heavy atom. The summed E-state index contributed by atoms with van der Waals surface area (Å²) in [6.45, 7) is 6.61. The number of benzene rings is 3. The molecule has 35 heavy (non-hydrogen) atoms. The highest BCUT2D eigenvalue weighted by Crippen LogP contribution is 2.40. The second kappa shape index (κ2) is 10.4. The molecule has 180 valence electrons. The number of rotatable bonds is 8. The van der Waals surface area contributed by atoms with Gasteiger partial charge in [0.2, 0.25) is 0 Å². The predicted octanol–water partition coefficient (Wildman–Crippen LogP) is 7.23. The third-order valence-corrected chi connectivity index (χ3v) is 8.74. The summed E-state index contributed by atoms with van der Waals surface area (Å²) in [6, 6.07) is 26.8. The molecule has 4 aromatic rings. The lowest BCUT2D eigenvalue weighted by atomic mass is 9.98. The third kappa shape index (κ3) is 5.10. The van der Waals surface area contributed by atoms with Gasteiger partial charge < -0.3 is 9.64 Å². The molecule has 0 unspecified atom stereocenters. The van der Waals surface area contributed by atoms with Crippen LogP contribution in [0.5, 0.6) is 5.75 Å². The number of anilines is 1. The maximum Gasteiger partial charge on any atom is 0.119 e. The van der Waals surface area contributed by atoms with Crippen molar-refractivity contribution in [3.63, 3.8) is 0 Å². The molecule has 1 aromatic heterocycles. The molecule has 3 nitrogen and oxygen atoms in total. The van der Waals surface area contributed by atoms with Crippen molar-refractivity contribution in [2.24, 2.45) is 0 Å². The largest absolute Gasteiger partial charge is 0.492 e. The standard InChI is InChI=1S/C31H34N2OS/c1-2-8-30-28(7-1)29(23-24-9-13-26(14-10-24)33-19-5-6-20-33)31(35-30)25-11-15-27(16-12-25)34-22-21-32-17-3-4-18-32/h1-2,7-16H,3-6,17-23H2. The molecule has 2 saturated heterocycles. The average Bonchev–Trinajstić information content (AvgIpc) is 3.68. The van der Waals surface area contributed by atoms with Gasteiger partial charge in [0.15, 0.2) is 0 Å². The molecule has 0 atom stereocenters. The maximum absolute atomic E-state index is 6.05. The van der Waals surface area contributed by atoms with Crippen LogP contribution in [0.15, 0.2) is 72.8 Å². The first kappa shape index (κ1) is 22.6. The highest BCUT2D eigenvalue weighted by Gasteiger charge is 2.16. The molecule has 0 aliphatic carbocycles. The Morgan fingerprint density at radius 3 is 2.23 bits per heavy atom. The van der Waals surface area contributed by atoms with Crippen LogP contribution in [0.25, 0.3) is 20.5 Å². The molecule has 3 heterocycles. The van der Waals surface area contributed by atoms with Crippen LogP contribution in [-0.2, 0) is 6.42 Å². The van der Waals surface area contributed by atoms with Gasteiger partial charge in [-0.1, -0.05) is 30.3 Å². The van der Waals surface area contributed by atoms with Gasteiger partial charge in [0, 0.05) is 34.9 Å². The monoisotopic (exact) mass is 482 g/mol. The minimum atomic E-state index is 0.765. The summed E-state index contributed by atoms with van der Waals surface area (Å²) >= 11 is 1.90. The summed E-state index contributed by atoms with van der Waals surface area (Å²) in [5, 5.41) is 1.38. The number of nitrogens with zero attached hydrogens (tertiary/aromatic N) is 2. The van der Waals surface area contributed by atoms with Crippen molar-refractivity contribution < 1.29 is 4.74 Å². The van der Waals surface area contributed by atoms with E-state index < -0.39 is 0 Å². The summed E-state index contributed by atoms with van der Waals surface area (Å²) < 4.78 is 7.41. The Morgan fingerprint density at radius 2 is 1.46 bits per heavy atom. The van der Waals surface area contributed by atoms with E-state index in [4.69, 9.17) is 4.74 Å². The van der Waals surface area contributed by atoms with Crippen molar-refractivity contribution in [3.05, 3.63) is 83.9 Å². The van der Waals surface area contributed by atoms with Gasteiger partial charge in [0.25, 0.3) is 0 Å². The third-order valence-electron chi connectivity index (χ3n) is 7.48. The Hall–Kier alpha value is -2.82. The summed E-state index contributed by atoms with van der Waals surface area (Å²) in [6.07, 6.45) is 6.24. The van der Waals surface area contributed by atoms with E-state index >= 15 is 0 Å². The summed E-state index contributed by atoms with van der Waals surface area (Å²) in [4.78, 5) is 6.37. The molecular formula is C31H34N2OS. The fourth-order valence-corrected chi connectivity index (χ4v) is 6.74. The molecule has 4 heteroatoms. The molecule has 3 aromatic carbocycles. The minimum Gasteiger partial charge on any atom is -0.492 e. The van der Waals surface area contributed by atoms with E-state index in [9.17, 15) is 0 Å². The number of likely N-dealkylation sites (tertiary alicyclic amines) is 1. The first-order chi connectivity index (χ1) is 17.3. The molecule has 0 N–H and O–H groups in total. The van der Waals surface area contributed by atoms with Crippen molar-refractivity contribution in [2.75, 3.05) is 44.2 Å². The molecule has 0 amide bonds. The fourth-order valence-electron chi connectivity index (χ4n) is 5.51. The zero-order valence-corrected chi connectivity index (χ0v) is 21.2. The summed E-state index contributed by atoms with van der Waals surface area (Å²) in [5.41, 5.74) is 5.45. The van der Waals surface area contributed by atoms with E-state index in [-0.39, 0.29) is 0 Å². The first-order valence-corrected chi connectivity index (χ1v) is 13.9. The SMILES string of the molecule is c1ccc2c(Cc3ccc(N4CCCC4)cc3)c(-c3ccc(OCCN4CCCC4)cc3)sc2c1. The highest BCUT2D eigenvalue weighted by molar-refractivity contribution is 7.22. The average molecular weight is 483 g/mol. The van der Waals surface area contributed by atoms with Gasteiger partial charge in [-0.25, -0.2) is 0 Å². The van der Waals surface area contributed by atoms with E-state index in [0.29, 0.717) is 0 Å². The van der Waals surface area contributed by atoms with Crippen LogP contribution in [-0.4, -0.2) is 44.2 Å². The van der Waals surface area contributed by atoms with Crippen molar-refractivity contribution in [1.82, 2.24) is 4.90 Å². The number of hydrogen-bond acceptors (Lipinski definition) is 4. The smallest absolute Gasteiger partial charge is 0.119 e. The van der Waals surface area contributed by atoms with Crippen LogP contribution in [0.3, 0.4) is 0 Å². The maximum atomic E-state index is 6.05. The van der Waals surface area contributed by atoms with Crippen molar-refractivity contribution in [1.29, 1.82) is 0 Å². The number of ether oxygens (including phenoxy) is 1. The van der Waals surface area contributed by atoms with Crippen molar-refractivity contribution in [3.8, 4) is 16.2 Å². The molecule has 0 radical (unpaired) electrons. The Balaban J connectivity index is 1.21. The Kier molecular flexibility index (Phi) is 6.74. The molecule has 6 rings (SSSR count). The van der Waals surface area contributed by atoms with Crippen LogP contribution in [0, 0.1) is 0 Å². The highest BCUT2D eigenvalue weighted by atomic mass is 32.1. The first-order valence-electron chi connectivity index (χ1n) is 13.1. The molecular weight excluding hydrogens is 448 g/mol. The number of fused-ring (bicyclic) bond motifs is 1. The van der Waals surface area contributed by atoms with E-state index in [0.717, 1.165) is 25.3 Å². The second-order valence-electron chi connectivity index (χ2n) is 9.86. The number of hydrogen-bond donors (Lipinski definition) is 0. The quantitative estimate of drug-likeness (QED) is 0.263. The molecule has 0 spiro atoms. The van der Waals surface area contributed by atoms with Gasteiger partial charge in [-0.15, -0.1) is 11.3 Å². The molecule has 0 bridgehead atoms. The topological polar surface area (TPSA) is 15.7 Å². The zero-order chi connectivity index (χ0) is 23.5. The van der Waals surface area contributed by atoms with Gasteiger partial charge in [-0.2, -0.15) is 0 Å². The van der Waals surface area contributed by atoms with Crippen molar-refractivity contribution in [2.45, 2.75) is 32.1 Å². The lowest BCUT2D eigenvalue weighted by molar-refractivity contribution is 0.238. The van der Waals surface area contributed by atoms with Gasteiger partial charge >= 0.3 is 0 Å². The van der Waals surface area contributed by atoms with Gasteiger partial charge in [-0.05, 0) is 110 Å². The van der Waals surface area contributed by atoms with Crippen LogP contribution >= 0.6 is 11.3 Å². The molecule has 2 fully saturated rings. The van der Waals surface area contributed by atoms with Crippen LogP contribution in [0.2, 0.25) is 0 Å². The second-order valence-corrected chi connectivity index (χ2v) is 10.9. The fraction of sp³-hybridized carbons (Fsp3) is 0.355. The normalized spacial score (nSPS) is 16.4. The predicted molar refractivity (Wildman–Crippen MR) is 149 cm³/mol. The van der Waals surface area contributed by atoms with Gasteiger partial charge in [0.05, 0.1) is 0 Å². The van der Waals surface area contributed by atoms with Crippen LogP contribution in [0.4, 0.5) is 5.69 Å².